The molecule has 31 heavy (non-hydrogen) atoms. The van der Waals surface area contributed by atoms with Gasteiger partial charge in [0, 0.05) is 43.8 Å². The normalized spacial score (nSPS) is 20.5. The van der Waals surface area contributed by atoms with Crippen LogP contribution < -0.4 is 10.2 Å². The van der Waals surface area contributed by atoms with Gasteiger partial charge in [-0.25, -0.2) is 9.97 Å². The van der Waals surface area contributed by atoms with Crippen molar-refractivity contribution >= 4 is 34.7 Å². The monoisotopic (exact) mass is 440 g/mol. The van der Waals surface area contributed by atoms with E-state index in [0.717, 1.165) is 31.9 Å². The van der Waals surface area contributed by atoms with Crippen molar-refractivity contribution < 1.29 is 9.59 Å². The second-order valence-electron chi connectivity index (χ2n) is 8.52. The summed E-state index contributed by atoms with van der Waals surface area (Å²) in [5, 5.41) is 4.99. The van der Waals surface area contributed by atoms with Gasteiger partial charge >= 0.3 is 0 Å². The lowest BCUT2D eigenvalue weighted by Crippen LogP contribution is -2.52. The smallest absolute Gasteiger partial charge is 0.255 e. The van der Waals surface area contributed by atoms with E-state index in [-0.39, 0.29) is 18.4 Å². The van der Waals surface area contributed by atoms with Gasteiger partial charge in [0.1, 0.15) is 0 Å². The lowest BCUT2D eigenvalue weighted by Gasteiger charge is -2.40. The van der Waals surface area contributed by atoms with Crippen LogP contribution in [0.1, 0.15) is 48.2 Å². The van der Waals surface area contributed by atoms with Crippen LogP contribution in [0.2, 0.25) is 0 Å². The van der Waals surface area contributed by atoms with E-state index in [1.807, 2.05) is 10.3 Å². The first-order valence-corrected chi connectivity index (χ1v) is 12.1. The van der Waals surface area contributed by atoms with Gasteiger partial charge in [-0.1, -0.05) is 19.3 Å². The number of rotatable bonds is 4. The van der Waals surface area contributed by atoms with Crippen LogP contribution in [0.3, 0.4) is 0 Å². The zero-order chi connectivity index (χ0) is 21.2. The molecule has 4 heterocycles. The molecule has 0 atom stereocenters. The molecule has 0 bridgehead atoms. The fourth-order valence-corrected chi connectivity index (χ4v) is 5.42. The third-order valence-corrected chi connectivity index (χ3v) is 7.24. The summed E-state index contributed by atoms with van der Waals surface area (Å²) in [4.78, 5) is 40.7. The maximum Gasteiger partial charge on any atom is 0.255 e. The van der Waals surface area contributed by atoms with Crippen molar-refractivity contribution in [3.05, 3.63) is 34.4 Å². The van der Waals surface area contributed by atoms with Gasteiger partial charge in [0.15, 0.2) is 5.82 Å². The highest BCUT2D eigenvalue weighted by Crippen LogP contribution is 2.30. The molecule has 9 heteroatoms. The third-order valence-electron chi connectivity index (χ3n) is 6.61. The maximum absolute atomic E-state index is 13.2. The Morgan fingerprint density at radius 2 is 1.94 bits per heavy atom. The van der Waals surface area contributed by atoms with Gasteiger partial charge in [0.05, 0.1) is 35.5 Å². The Kier molecular flexibility index (Phi) is 5.87. The van der Waals surface area contributed by atoms with Gasteiger partial charge in [-0.2, -0.15) is 0 Å². The summed E-state index contributed by atoms with van der Waals surface area (Å²) in [7, 11) is 0. The average Bonchev–Trinajstić information content (AvgIpc) is 3.34. The molecule has 3 aliphatic rings. The van der Waals surface area contributed by atoms with E-state index in [1.54, 1.807) is 22.7 Å². The number of thiazole rings is 1. The summed E-state index contributed by atoms with van der Waals surface area (Å²) in [5.41, 5.74) is 3.77. The molecule has 2 aromatic heterocycles. The SMILES string of the molecule is O=C(c1cnc2c(c1)N(Cc1cscn1)C(=O)CN2)N1CCN(C2CCCCC2)CC1. The lowest BCUT2D eigenvalue weighted by atomic mass is 9.94. The fourth-order valence-electron chi connectivity index (χ4n) is 4.87. The van der Waals surface area contributed by atoms with Crippen molar-refractivity contribution in [1.29, 1.82) is 0 Å². The number of hydrogen-bond acceptors (Lipinski definition) is 7. The Labute approximate surface area is 186 Å². The van der Waals surface area contributed by atoms with Crippen LogP contribution in [0.4, 0.5) is 11.5 Å². The molecule has 2 amide bonds. The van der Waals surface area contributed by atoms with E-state index >= 15 is 0 Å². The molecular formula is C22H28N6O2S. The zero-order valence-electron chi connectivity index (χ0n) is 17.6. The van der Waals surface area contributed by atoms with Crippen LogP contribution in [0.15, 0.2) is 23.2 Å². The number of hydrogen-bond donors (Lipinski definition) is 1. The Balaban J connectivity index is 1.29. The van der Waals surface area contributed by atoms with Crippen LogP contribution in [0, 0.1) is 0 Å². The zero-order valence-corrected chi connectivity index (χ0v) is 18.4. The third kappa shape index (κ3) is 4.29. The minimum absolute atomic E-state index is 0.00905. The number of fused-ring (bicyclic) bond motifs is 1. The quantitative estimate of drug-likeness (QED) is 0.787. The first kappa shape index (κ1) is 20.4. The predicted octanol–water partition coefficient (Wildman–Crippen LogP) is 2.59. The summed E-state index contributed by atoms with van der Waals surface area (Å²) >= 11 is 1.50. The standard InChI is InChI=1S/C22H28N6O2S/c29-20-12-24-21-19(28(20)13-17-14-31-15-25-17)10-16(11-23-21)22(30)27-8-6-26(7-9-27)18-4-2-1-3-5-18/h10-11,14-15,18H,1-9,12-13H2,(H,23,24). The number of carbonyl (C=O) groups excluding carboxylic acids is 2. The van der Waals surface area contributed by atoms with Crippen molar-refractivity contribution in [2.75, 3.05) is 42.9 Å². The molecule has 5 rings (SSSR count). The maximum atomic E-state index is 13.2. The van der Waals surface area contributed by atoms with Crippen molar-refractivity contribution in [1.82, 2.24) is 19.8 Å². The molecule has 1 saturated carbocycles. The molecule has 2 aliphatic heterocycles. The van der Waals surface area contributed by atoms with Gasteiger partial charge in [-0.3, -0.25) is 14.5 Å². The van der Waals surface area contributed by atoms with E-state index in [1.165, 1.54) is 43.4 Å². The number of nitrogens with one attached hydrogen (secondary N) is 1. The first-order valence-electron chi connectivity index (χ1n) is 11.1. The summed E-state index contributed by atoms with van der Waals surface area (Å²) in [6.07, 6.45) is 8.22. The summed E-state index contributed by atoms with van der Waals surface area (Å²) in [6, 6.07) is 2.49. The lowest BCUT2D eigenvalue weighted by molar-refractivity contribution is -0.117. The Bertz CT molecular complexity index is 935. The van der Waals surface area contributed by atoms with Crippen molar-refractivity contribution in [3.8, 4) is 0 Å². The highest BCUT2D eigenvalue weighted by Gasteiger charge is 2.30. The number of aromatic nitrogens is 2. The molecule has 2 fully saturated rings. The number of nitrogens with zero attached hydrogens (tertiary/aromatic N) is 5. The Hall–Kier alpha value is -2.52. The predicted molar refractivity (Wildman–Crippen MR) is 120 cm³/mol. The number of anilines is 2. The molecule has 8 nitrogen and oxygen atoms in total. The van der Waals surface area contributed by atoms with Crippen LogP contribution in [0.5, 0.6) is 0 Å². The topological polar surface area (TPSA) is 81.7 Å². The van der Waals surface area contributed by atoms with Crippen molar-refractivity contribution in [2.45, 2.75) is 44.7 Å². The first-order chi connectivity index (χ1) is 15.2. The van der Waals surface area contributed by atoms with Crippen LogP contribution in [-0.2, 0) is 11.3 Å². The molecule has 0 spiro atoms. The van der Waals surface area contributed by atoms with E-state index in [4.69, 9.17) is 0 Å². The van der Waals surface area contributed by atoms with E-state index in [2.05, 4.69) is 20.2 Å². The van der Waals surface area contributed by atoms with Crippen LogP contribution in [0.25, 0.3) is 0 Å². The minimum Gasteiger partial charge on any atom is -0.359 e. The largest absolute Gasteiger partial charge is 0.359 e. The van der Waals surface area contributed by atoms with Gasteiger partial charge in [-0.05, 0) is 18.9 Å². The van der Waals surface area contributed by atoms with Crippen molar-refractivity contribution in [2.24, 2.45) is 0 Å². The number of amides is 2. The molecular weight excluding hydrogens is 412 g/mol. The van der Waals surface area contributed by atoms with E-state index in [9.17, 15) is 9.59 Å². The van der Waals surface area contributed by atoms with E-state index < -0.39 is 0 Å². The molecule has 1 saturated heterocycles. The van der Waals surface area contributed by atoms with Gasteiger partial charge in [0.25, 0.3) is 5.91 Å². The fraction of sp³-hybridized carbons (Fsp3) is 0.545. The average molecular weight is 441 g/mol. The highest BCUT2D eigenvalue weighted by atomic mass is 32.1. The number of pyridine rings is 1. The highest BCUT2D eigenvalue weighted by molar-refractivity contribution is 7.07. The molecule has 2 aromatic rings. The van der Waals surface area contributed by atoms with Crippen LogP contribution in [-0.4, -0.2) is 70.3 Å². The number of carbonyl (C=O) groups is 2. The van der Waals surface area contributed by atoms with Crippen molar-refractivity contribution in [3.63, 3.8) is 0 Å². The van der Waals surface area contributed by atoms with Gasteiger partial charge in [-0.15, -0.1) is 11.3 Å². The second-order valence-corrected chi connectivity index (χ2v) is 9.24. The molecule has 0 unspecified atom stereocenters. The molecule has 1 aliphatic carbocycles. The molecule has 0 radical (unpaired) electrons. The Morgan fingerprint density at radius 1 is 1.13 bits per heavy atom. The Morgan fingerprint density at radius 3 is 2.68 bits per heavy atom. The molecule has 1 N–H and O–H groups in total. The second kappa shape index (κ2) is 8.92. The number of piperazine rings is 1. The summed E-state index contributed by atoms with van der Waals surface area (Å²) in [5.74, 6) is 0.576. The summed E-state index contributed by atoms with van der Waals surface area (Å²) < 4.78 is 0. The summed E-state index contributed by atoms with van der Waals surface area (Å²) in [6.45, 7) is 3.94. The molecule has 0 aromatic carbocycles. The van der Waals surface area contributed by atoms with Gasteiger partial charge in [0.2, 0.25) is 5.91 Å². The molecule has 164 valence electrons. The van der Waals surface area contributed by atoms with E-state index in [0.29, 0.717) is 29.7 Å². The van der Waals surface area contributed by atoms with Crippen LogP contribution >= 0.6 is 11.3 Å². The minimum atomic E-state index is -0.0482. The van der Waals surface area contributed by atoms with Gasteiger partial charge < -0.3 is 15.1 Å².